The molecular weight excluding hydrogens is 376 g/mol. The van der Waals surface area contributed by atoms with Crippen LogP contribution in [0.4, 0.5) is 11.4 Å². The Morgan fingerprint density at radius 1 is 1.19 bits per heavy atom. The fraction of sp³-hybridized carbons (Fsp3) is 0.278. The molecular formula is C18H19ClN2O4S. The maximum Gasteiger partial charge on any atom is 0.255 e. The molecule has 0 bridgehead atoms. The minimum Gasteiger partial charge on any atom is -0.495 e. The lowest BCUT2D eigenvalue weighted by molar-refractivity contribution is 0.102. The number of ether oxygens (including phenoxy) is 1. The van der Waals surface area contributed by atoms with E-state index in [0.29, 0.717) is 40.7 Å². The quantitative estimate of drug-likeness (QED) is 0.860. The molecule has 0 radical (unpaired) electrons. The minimum atomic E-state index is -3.41. The number of carbonyl (C=O) groups is 1. The van der Waals surface area contributed by atoms with E-state index in [1.54, 1.807) is 30.3 Å². The van der Waals surface area contributed by atoms with Crippen molar-refractivity contribution < 1.29 is 17.9 Å². The van der Waals surface area contributed by atoms with Gasteiger partial charge in [-0.05, 0) is 43.2 Å². The average molecular weight is 395 g/mol. The molecule has 138 valence electrons. The summed E-state index contributed by atoms with van der Waals surface area (Å²) < 4.78 is 31.2. The number of methoxy groups -OCH3 is 1. The first-order valence-electron chi connectivity index (χ1n) is 8.17. The lowest BCUT2D eigenvalue weighted by Crippen LogP contribution is -2.38. The van der Waals surface area contributed by atoms with Gasteiger partial charge < -0.3 is 10.1 Å². The Balaban J connectivity index is 1.91. The van der Waals surface area contributed by atoms with Gasteiger partial charge in [0.2, 0.25) is 10.0 Å². The first kappa shape index (κ1) is 18.5. The number of nitrogens with one attached hydrogen (secondary N) is 1. The molecule has 1 saturated heterocycles. The van der Waals surface area contributed by atoms with Crippen molar-refractivity contribution in [2.24, 2.45) is 0 Å². The van der Waals surface area contributed by atoms with E-state index >= 15 is 0 Å². The molecule has 0 unspecified atom stereocenters. The zero-order valence-corrected chi connectivity index (χ0v) is 15.8. The molecule has 6 nitrogen and oxygen atoms in total. The van der Waals surface area contributed by atoms with Crippen LogP contribution in [-0.2, 0) is 10.0 Å². The second kappa shape index (κ2) is 7.55. The maximum atomic E-state index is 12.6. The molecule has 2 aromatic carbocycles. The van der Waals surface area contributed by atoms with Gasteiger partial charge in [0.05, 0.1) is 29.3 Å². The Hall–Kier alpha value is -2.25. The van der Waals surface area contributed by atoms with Crippen molar-refractivity contribution in [1.29, 1.82) is 0 Å². The molecule has 0 aromatic heterocycles. The normalized spacial score (nSPS) is 16.2. The number of nitrogens with zero attached hydrogens (tertiary/aromatic N) is 1. The zero-order valence-electron chi connectivity index (χ0n) is 14.2. The molecule has 1 aliphatic heterocycles. The molecule has 0 atom stereocenters. The predicted molar refractivity (Wildman–Crippen MR) is 103 cm³/mol. The molecule has 2 aromatic rings. The zero-order chi connectivity index (χ0) is 18.7. The molecule has 1 amide bonds. The number of amides is 1. The summed E-state index contributed by atoms with van der Waals surface area (Å²) in [6.07, 6.45) is 1.39. The van der Waals surface area contributed by atoms with Crippen LogP contribution < -0.4 is 14.4 Å². The van der Waals surface area contributed by atoms with Gasteiger partial charge >= 0.3 is 0 Å². The molecule has 3 rings (SSSR count). The highest BCUT2D eigenvalue weighted by atomic mass is 35.5. The van der Waals surface area contributed by atoms with Crippen LogP contribution in [0, 0.1) is 0 Å². The monoisotopic (exact) mass is 394 g/mol. The molecule has 0 aliphatic carbocycles. The summed E-state index contributed by atoms with van der Waals surface area (Å²) in [4.78, 5) is 12.6. The van der Waals surface area contributed by atoms with Crippen molar-refractivity contribution in [2.75, 3.05) is 29.0 Å². The number of hydrogen-bond donors (Lipinski definition) is 1. The number of anilines is 2. The minimum absolute atomic E-state index is 0.0843. The van der Waals surface area contributed by atoms with E-state index in [0.717, 1.165) is 6.42 Å². The lowest BCUT2D eigenvalue weighted by atomic mass is 10.1. The van der Waals surface area contributed by atoms with Gasteiger partial charge in [-0.1, -0.05) is 23.7 Å². The number of hydrogen-bond acceptors (Lipinski definition) is 4. The summed E-state index contributed by atoms with van der Waals surface area (Å²) in [5.41, 5.74) is 1.18. The highest BCUT2D eigenvalue weighted by Crippen LogP contribution is 2.32. The SMILES string of the molecule is COc1ccccc1NC(=O)c1ccc(Cl)c(N2CCCCS2(=O)=O)c1. The highest BCUT2D eigenvalue weighted by molar-refractivity contribution is 7.92. The third-order valence-corrected chi connectivity index (χ3v) is 6.36. The second-order valence-electron chi connectivity index (χ2n) is 5.92. The van der Waals surface area contributed by atoms with E-state index in [2.05, 4.69) is 5.32 Å². The first-order chi connectivity index (χ1) is 12.4. The molecule has 1 N–H and O–H groups in total. The summed E-state index contributed by atoms with van der Waals surface area (Å²) >= 11 is 6.21. The van der Waals surface area contributed by atoms with Crippen molar-refractivity contribution in [3.05, 3.63) is 53.1 Å². The van der Waals surface area contributed by atoms with Gasteiger partial charge in [0, 0.05) is 12.1 Å². The molecule has 0 saturated carbocycles. The smallest absolute Gasteiger partial charge is 0.255 e. The highest BCUT2D eigenvalue weighted by Gasteiger charge is 2.28. The Bertz CT molecular complexity index is 931. The van der Waals surface area contributed by atoms with Gasteiger partial charge in [-0.3, -0.25) is 9.10 Å². The van der Waals surface area contributed by atoms with E-state index in [1.165, 1.54) is 23.5 Å². The van der Waals surface area contributed by atoms with Crippen LogP contribution in [0.5, 0.6) is 5.75 Å². The Morgan fingerprint density at radius 2 is 1.96 bits per heavy atom. The fourth-order valence-corrected chi connectivity index (χ4v) is 4.76. The standard InChI is InChI=1S/C18H19ClN2O4S/c1-25-17-7-3-2-6-15(17)20-18(22)13-8-9-14(19)16(12-13)21-10-4-5-11-26(21,23)24/h2-3,6-9,12H,4-5,10-11H2,1H3,(H,20,22). The van der Waals surface area contributed by atoms with Gasteiger partial charge in [-0.2, -0.15) is 0 Å². The second-order valence-corrected chi connectivity index (χ2v) is 8.34. The third-order valence-electron chi connectivity index (χ3n) is 4.18. The van der Waals surface area contributed by atoms with Crippen molar-refractivity contribution in [3.63, 3.8) is 0 Å². The summed E-state index contributed by atoms with van der Waals surface area (Å²) in [7, 11) is -1.89. The van der Waals surface area contributed by atoms with Crippen LogP contribution in [-0.4, -0.2) is 33.7 Å². The number of halogens is 1. The Kier molecular flexibility index (Phi) is 5.38. The van der Waals surface area contributed by atoms with E-state index < -0.39 is 10.0 Å². The lowest BCUT2D eigenvalue weighted by Gasteiger charge is -2.29. The summed E-state index contributed by atoms with van der Waals surface area (Å²) in [6.45, 7) is 0.361. The van der Waals surface area contributed by atoms with Crippen molar-refractivity contribution in [1.82, 2.24) is 0 Å². The molecule has 1 heterocycles. The Morgan fingerprint density at radius 3 is 2.69 bits per heavy atom. The van der Waals surface area contributed by atoms with E-state index in [4.69, 9.17) is 16.3 Å². The van der Waals surface area contributed by atoms with E-state index in [9.17, 15) is 13.2 Å². The predicted octanol–water partition coefficient (Wildman–Crippen LogP) is 3.53. The topological polar surface area (TPSA) is 75.7 Å². The third kappa shape index (κ3) is 3.78. The van der Waals surface area contributed by atoms with Crippen LogP contribution in [0.3, 0.4) is 0 Å². The van der Waals surface area contributed by atoms with Gasteiger partial charge in [0.25, 0.3) is 5.91 Å². The van der Waals surface area contributed by atoms with Crippen LogP contribution in [0.1, 0.15) is 23.2 Å². The molecule has 0 spiro atoms. The first-order valence-corrected chi connectivity index (χ1v) is 10.2. The van der Waals surface area contributed by atoms with Crippen LogP contribution in [0.15, 0.2) is 42.5 Å². The number of carbonyl (C=O) groups excluding carboxylic acids is 1. The molecule has 1 aliphatic rings. The number of para-hydroxylation sites is 2. The average Bonchev–Trinajstić information content (AvgIpc) is 2.62. The van der Waals surface area contributed by atoms with Gasteiger partial charge in [0.1, 0.15) is 5.75 Å². The van der Waals surface area contributed by atoms with Crippen LogP contribution in [0.25, 0.3) is 0 Å². The van der Waals surface area contributed by atoms with Crippen LogP contribution >= 0.6 is 11.6 Å². The fourth-order valence-electron chi connectivity index (χ4n) is 2.85. The molecule has 26 heavy (non-hydrogen) atoms. The summed E-state index contributed by atoms with van der Waals surface area (Å²) in [5, 5.41) is 3.07. The van der Waals surface area contributed by atoms with Gasteiger partial charge in [0.15, 0.2) is 0 Å². The van der Waals surface area contributed by atoms with Gasteiger partial charge in [-0.25, -0.2) is 8.42 Å². The van der Waals surface area contributed by atoms with E-state index in [-0.39, 0.29) is 11.7 Å². The molecule has 1 fully saturated rings. The van der Waals surface area contributed by atoms with Crippen molar-refractivity contribution in [3.8, 4) is 5.75 Å². The van der Waals surface area contributed by atoms with Crippen molar-refractivity contribution >= 4 is 38.9 Å². The number of rotatable bonds is 4. The van der Waals surface area contributed by atoms with Crippen LogP contribution in [0.2, 0.25) is 5.02 Å². The van der Waals surface area contributed by atoms with E-state index in [1.807, 2.05) is 0 Å². The van der Waals surface area contributed by atoms with Gasteiger partial charge in [-0.15, -0.1) is 0 Å². The Labute approximate surface area is 157 Å². The number of benzene rings is 2. The number of sulfonamides is 1. The molecule has 8 heteroatoms. The summed E-state index contributed by atoms with van der Waals surface area (Å²) in [5.74, 6) is 0.247. The largest absolute Gasteiger partial charge is 0.495 e. The summed E-state index contributed by atoms with van der Waals surface area (Å²) in [6, 6.07) is 11.7. The maximum absolute atomic E-state index is 12.6. The van der Waals surface area contributed by atoms with Crippen molar-refractivity contribution in [2.45, 2.75) is 12.8 Å².